The first kappa shape index (κ1) is 20.2. The smallest absolute Gasteiger partial charge is 0.191 e. The summed E-state index contributed by atoms with van der Waals surface area (Å²) in [6.45, 7) is 9.38. The van der Waals surface area contributed by atoms with E-state index < -0.39 is 0 Å². The number of benzene rings is 1. The Kier molecular flexibility index (Phi) is 8.96. The number of rotatable bonds is 10. The van der Waals surface area contributed by atoms with Crippen LogP contribution in [0, 0.1) is 6.92 Å². The summed E-state index contributed by atoms with van der Waals surface area (Å²) < 4.78 is 5.75. The number of guanidine groups is 1. The molecule has 0 aliphatic rings. The van der Waals surface area contributed by atoms with Crippen molar-refractivity contribution in [2.75, 3.05) is 19.7 Å². The first-order valence-corrected chi connectivity index (χ1v) is 10.2. The Bertz CT molecular complexity index is 667. The second-order valence-electron chi connectivity index (χ2n) is 6.06. The normalized spacial score (nSPS) is 11.4. The maximum absolute atomic E-state index is 5.75. The predicted molar refractivity (Wildman–Crippen MR) is 110 cm³/mol. The van der Waals surface area contributed by atoms with E-state index in [1.165, 1.54) is 10.4 Å². The van der Waals surface area contributed by atoms with Gasteiger partial charge < -0.3 is 15.4 Å². The van der Waals surface area contributed by atoms with Crippen LogP contribution in [0.15, 0.2) is 35.5 Å². The molecule has 0 amide bonds. The summed E-state index contributed by atoms with van der Waals surface area (Å²) in [6.07, 6.45) is 5.02. The highest BCUT2D eigenvalue weighted by molar-refractivity contribution is 7.11. The molecule has 0 atom stereocenters. The second-order valence-corrected chi connectivity index (χ2v) is 7.26. The Balaban J connectivity index is 1.65. The molecule has 0 saturated carbocycles. The fourth-order valence-corrected chi connectivity index (χ4v) is 3.12. The molecular weight excluding hydrogens is 344 g/mol. The van der Waals surface area contributed by atoms with Crippen LogP contribution >= 0.6 is 11.3 Å². The third kappa shape index (κ3) is 7.44. The van der Waals surface area contributed by atoms with Gasteiger partial charge in [0.05, 0.1) is 13.2 Å². The molecule has 6 heteroatoms. The van der Waals surface area contributed by atoms with E-state index in [1.54, 1.807) is 11.3 Å². The zero-order chi connectivity index (χ0) is 18.6. The van der Waals surface area contributed by atoms with E-state index >= 15 is 0 Å². The van der Waals surface area contributed by atoms with Crippen LogP contribution in [-0.2, 0) is 13.0 Å². The third-order valence-electron chi connectivity index (χ3n) is 3.82. The van der Waals surface area contributed by atoms with Crippen LogP contribution in [0.4, 0.5) is 0 Å². The zero-order valence-corrected chi connectivity index (χ0v) is 16.9. The SMILES string of the molecule is CCNC(=NCc1ncc(CC)s1)NCCCCOc1ccc(C)cc1. The molecule has 0 spiro atoms. The lowest BCUT2D eigenvalue weighted by Crippen LogP contribution is -2.37. The van der Waals surface area contributed by atoms with Gasteiger partial charge in [-0.1, -0.05) is 24.6 Å². The predicted octanol–water partition coefficient (Wildman–Crippen LogP) is 3.93. The second kappa shape index (κ2) is 11.5. The third-order valence-corrected chi connectivity index (χ3v) is 4.95. The molecule has 0 radical (unpaired) electrons. The molecule has 2 aromatic rings. The number of nitrogens with one attached hydrogen (secondary N) is 2. The van der Waals surface area contributed by atoms with Crippen molar-refractivity contribution in [1.29, 1.82) is 0 Å². The average molecular weight is 375 g/mol. The van der Waals surface area contributed by atoms with E-state index in [-0.39, 0.29) is 0 Å². The maximum atomic E-state index is 5.75. The van der Waals surface area contributed by atoms with Crippen LogP contribution in [0.25, 0.3) is 0 Å². The summed E-state index contributed by atoms with van der Waals surface area (Å²) in [4.78, 5) is 10.3. The van der Waals surface area contributed by atoms with Crippen molar-refractivity contribution in [2.45, 2.75) is 46.6 Å². The van der Waals surface area contributed by atoms with E-state index in [0.717, 1.165) is 55.7 Å². The number of thiazole rings is 1. The van der Waals surface area contributed by atoms with Crippen LogP contribution in [-0.4, -0.2) is 30.6 Å². The van der Waals surface area contributed by atoms with Gasteiger partial charge in [-0.05, 0) is 45.2 Å². The molecule has 26 heavy (non-hydrogen) atoms. The number of unbranched alkanes of at least 4 members (excludes halogenated alkanes) is 1. The van der Waals surface area contributed by atoms with Gasteiger partial charge in [-0.15, -0.1) is 11.3 Å². The number of aliphatic imine (C=N–C) groups is 1. The molecule has 2 rings (SSSR count). The Hall–Kier alpha value is -2.08. The van der Waals surface area contributed by atoms with E-state index in [9.17, 15) is 0 Å². The molecule has 0 aliphatic carbocycles. The van der Waals surface area contributed by atoms with Gasteiger partial charge >= 0.3 is 0 Å². The molecule has 142 valence electrons. The lowest BCUT2D eigenvalue weighted by Gasteiger charge is -2.11. The van der Waals surface area contributed by atoms with Crippen molar-refractivity contribution in [3.63, 3.8) is 0 Å². The van der Waals surface area contributed by atoms with Crippen LogP contribution in [0.1, 0.15) is 42.1 Å². The number of aryl methyl sites for hydroxylation is 2. The van der Waals surface area contributed by atoms with Crippen LogP contribution < -0.4 is 15.4 Å². The Morgan fingerprint density at radius 3 is 2.65 bits per heavy atom. The minimum Gasteiger partial charge on any atom is -0.494 e. The quantitative estimate of drug-likeness (QED) is 0.376. The molecular formula is C20H30N4OS. The van der Waals surface area contributed by atoms with Crippen molar-refractivity contribution in [3.05, 3.63) is 45.9 Å². The van der Waals surface area contributed by atoms with E-state index in [1.807, 2.05) is 18.3 Å². The maximum Gasteiger partial charge on any atom is 0.191 e. The fourth-order valence-electron chi connectivity index (χ4n) is 2.33. The fraction of sp³-hybridized carbons (Fsp3) is 0.500. The van der Waals surface area contributed by atoms with Crippen LogP contribution in [0.5, 0.6) is 5.75 Å². The van der Waals surface area contributed by atoms with Gasteiger partial charge in [-0.2, -0.15) is 0 Å². The van der Waals surface area contributed by atoms with Gasteiger partial charge in [0.1, 0.15) is 10.8 Å². The Morgan fingerprint density at radius 2 is 1.96 bits per heavy atom. The Labute approximate surface area is 160 Å². The van der Waals surface area contributed by atoms with E-state index in [2.05, 4.69) is 53.5 Å². The van der Waals surface area contributed by atoms with Crippen molar-refractivity contribution in [3.8, 4) is 5.75 Å². The van der Waals surface area contributed by atoms with Gasteiger partial charge in [0, 0.05) is 24.2 Å². The summed E-state index contributed by atoms with van der Waals surface area (Å²) in [5.41, 5.74) is 1.25. The summed E-state index contributed by atoms with van der Waals surface area (Å²) in [6, 6.07) is 8.18. The van der Waals surface area contributed by atoms with Gasteiger partial charge in [-0.25, -0.2) is 9.98 Å². The topological polar surface area (TPSA) is 58.5 Å². The van der Waals surface area contributed by atoms with Gasteiger partial charge in [0.2, 0.25) is 0 Å². The standard InChI is InChI=1S/C20H30N4OS/c1-4-18-14-23-19(26-18)15-24-20(21-5-2)22-12-6-7-13-25-17-10-8-16(3)9-11-17/h8-11,14H,4-7,12-13,15H2,1-3H3,(H2,21,22,24). The first-order chi connectivity index (χ1) is 12.7. The molecule has 2 N–H and O–H groups in total. The van der Waals surface area contributed by atoms with Crippen molar-refractivity contribution >= 4 is 17.3 Å². The molecule has 0 aliphatic heterocycles. The summed E-state index contributed by atoms with van der Waals surface area (Å²) in [7, 11) is 0. The van der Waals surface area contributed by atoms with E-state index in [0.29, 0.717) is 6.54 Å². The molecule has 0 fully saturated rings. The highest BCUT2D eigenvalue weighted by Gasteiger charge is 2.01. The molecule has 1 aromatic heterocycles. The van der Waals surface area contributed by atoms with Gasteiger partial charge in [0.15, 0.2) is 5.96 Å². The Morgan fingerprint density at radius 1 is 1.15 bits per heavy atom. The minimum absolute atomic E-state index is 0.622. The zero-order valence-electron chi connectivity index (χ0n) is 16.0. The van der Waals surface area contributed by atoms with E-state index in [4.69, 9.17) is 4.74 Å². The number of hydrogen-bond donors (Lipinski definition) is 2. The van der Waals surface area contributed by atoms with Crippen LogP contribution in [0.2, 0.25) is 0 Å². The van der Waals surface area contributed by atoms with Gasteiger partial charge in [0.25, 0.3) is 0 Å². The van der Waals surface area contributed by atoms with Crippen molar-refractivity contribution in [2.24, 2.45) is 4.99 Å². The number of nitrogens with zero attached hydrogens (tertiary/aromatic N) is 2. The minimum atomic E-state index is 0.622. The molecule has 0 bridgehead atoms. The summed E-state index contributed by atoms with van der Waals surface area (Å²) in [5.74, 6) is 1.79. The lowest BCUT2D eigenvalue weighted by atomic mass is 10.2. The highest BCUT2D eigenvalue weighted by atomic mass is 32.1. The van der Waals surface area contributed by atoms with Gasteiger partial charge in [-0.3, -0.25) is 0 Å². The molecule has 0 saturated heterocycles. The van der Waals surface area contributed by atoms with Crippen molar-refractivity contribution in [1.82, 2.24) is 15.6 Å². The average Bonchev–Trinajstić information content (AvgIpc) is 3.12. The first-order valence-electron chi connectivity index (χ1n) is 9.36. The molecule has 1 aromatic carbocycles. The number of aromatic nitrogens is 1. The summed E-state index contributed by atoms with van der Waals surface area (Å²) >= 11 is 1.74. The van der Waals surface area contributed by atoms with Crippen molar-refractivity contribution < 1.29 is 4.74 Å². The highest BCUT2D eigenvalue weighted by Crippen LogP contribution is 2.14. The molecule has 1 heterocycles. The monoisotopic (exact) mass is 374 g/mol. The molecule has 5 nitrogen and oxygen atoms in total. The number of ether oxygens (including phenoxy) is 1. The lowest BCUT2D eigenvalue weighted by molar-refractivity contribution is 0.307. The summed E-state index contributed by atoms with van der Waals surface area (Å²) in [5, 5.41) is 7.72. The molecule has 0 unspecified atom stereocenters. The number of hydrogen-bond acceptors (Lipinski definition) is 4. The largest absolute Gasteiger partial charge is 0.494 e. The van der Waals surface area contributed by atoms with Crippen LogP contribution in [0.3, 0.4) is 0 Å².